The van der Waals surface area contributed by atoms with Crippen LogP contribution in [-0.4, -0.2) is 21.4 Å². The average molecular weight is 208 g/mol. The summed E-state index contributed by atoms with van der Waals surface area (Å²) in [6.45, 7) is 3.47. The fourth-order valence-electron chi connectivity index (χ4n) is 1.33. The van der Waals surface area contributed by atoms with Crippen molar-refractivity contribution in [1.82, 2.24) is 10.3 Å². The summed E-state index contributed by atoms with van der Waals surface area (Å²) >= 11 is 0. The van der Waals surface area contributed by atoms with Crippen molar-refractivity contribution in [3.8, 4) is 11.3 Å². The molecule has 2 aromatic rings. The first kappa shape index (κ1) is 9.45. The van der Waals surface area contributed by atoms with Crippen molar-refractivity contribution >= 4 is 5.97 Å². The maximum atomic E-state index is 10.6. The number of carboxylic acid groups (broad SMARTS) is 1. The van der Waals surface area contributed by atoms with E-state index in [4.69, 9.17) is 14.2 Å². The van der Waals surface area contributed by atoms with Crippen LogP contribution in [0.2, 0.25) is 0 Å². The van der Waals surface area contributed by atoms with Gasteiger partial charge in [0.25, 0.3) is 0 Å². The Labute approximate surface area is 84.5 Å². The molecule has 0 aliphatic rings. The van der Waals surface area contributed by atoms with E-state index in [-0.39, 0.29) is 5.69 Å². The Morgan fingerprint density at radius 2 is 2.07 bits per heavy atom. The van der Waals surface area contributed by atoms with E-state index in [9.17, 15) is 4.79 Å². The maximum absolute atomic E-state index is 10.6. The fraction of sp³-hybridized carbons (Fsp3) is 0.222. The standard InChI is InChI=1S/C9H8N2O4/c1-4-8(5(2)14-10-4)7-3-6(9(12)13)11-15-7/h3H,1-2H3,(H,12,13). The summed E-state index contributed by atoms with van der Waals surface area (Å²) in [4.78, 5) is 10.6. The van der Waals surface area contributed by atoms with Gasteiger partial charge in [-0.3, -0.25) is 0 Å². The van der Waals surface area contributed by atoms with Gasteiger partial charge >= 0.3 is 5.97 Å². The molecule has 0 aliphatic heterocycles. The zero-order valence-electron chi connectivity index (χ0n) is 8.14. The number of rotatable bonds is 2. The number of carbonyl (C=O) groups is 1. The molecule has 15 heavy (non-hydrogen) atoms. The highest BCUT2D eigenvalue weighted by atomic mass is 16.5. The average Bonchev–Trinajstić information content (AvgIpc) is 2.73. The lowest BCUT2D eigenvalue weighted by molar-refractivity contribution is 0.0686. The van der Waals surface area contributed by atoms with Crippen molar-refractivity contribution < 1.29 is 18.9 Å². The van der Waals surface area contributed by atoms with Gasteiger partial charge in [-0.15, -0.1) is 0 Å². The second-order valence-electron chi connectivity index (χ2n) is 3.08. The van der Waals surface area contributed by atoms with E-state index in [1.165, 1.54) is 6.07 Å². The van der Waals surface area contributed by atoms with Crippen molar-refractivity contribution in [2.24, 2.45) is 0 Å². The number of hydrogen-bond donors (Lipinski definition) is 1. The minimum Gasteiger partial charge on any atom is -0.476 e. The van der Waals surface area contributed by atoms with Gasteiger partial charge in [-0.25, -0.2) is 4.79 Å². The minimum atomic E-state index is -1.13. The number of carboxylic acids is 1. The Morgan fingerprint density at radius 1 is 1.33 bits per heavy atom. The van der Waals surface area contributed by atoms with Crippen LogP contribution in [-0.2, 0) is 0 Å². The summed E-state index contributed by atoms with van der Waals surface area (Å²) in [6.07, 6.45) is 0. The van der Waals surface area contributed by atoms with Crippen LogP contribution in [0.4, 0.5) is 0 Å². The summed E-state index contributed by atoms with van der Waals surface area (Å²) in [5.41, 5.74) is 1.15. The highest BCUT2D eigenvalue weighted by Gasteiger charge is 2.18. The molecule has 0 radical (unpaired) electrons. The van der Waals surface area contributed by atoms with Crippen LogP contribution in [0.5, 0.6) is 0 Å². The summed E-state index contributed by atoms with van der Waals surface area (Å²) in [6, 6.07) is 1.34. The van der Waals surface area contributed by atoms with Crippen molar-refractivity contribution in [3.05, 3.63) is 23.2 Å². The molecule has 0 spiro atoms. The highest BCUT2D eigenvalue weighted by Crippen LogP contribution is 2.27. The molecule has 2 aromatic heterocycles. The van der Waals surface area contributed by atoms with Crippen LogP contribution in [0.3, 0.4) is 0 Å². The smallest absolute Gasteiger partial charge is 0.358 e. The number of aromatic carboxylic acids is 1. The molecular weight excluding hydrogens is 200 g/mol. The molecule has 0 aromatic carbocycles. The van der Waals surface area contributed by atoms with Gasteiger partial charge in [-0.1, -0.05) is 10.3 Å². The highest BCUT2D eigenvalue weighted by molar-refractivity contribution is 5.86. The third kappa shape index (κ3) is 1.50. The molecular formula is C9H8N2O4. The van der Waals surface area contributed by atoms with Crippen LogP contribution in [0.15, 0.2) is 15.1 Å². The van der Waals surface area contributed by atoms with E-state index in [2.05, 4.69) is 10.3 Å². The Balaban J connectivity index is 2.50. The summed E-state index contributed by atoms with van der Waals surface area (Å²) < 4.78 is 9.84. The Hall–Kier alpha value is -2.11. The summed E-state index contributed by atoms with van der Waals surface area (Å²) in [5, 5.41) is 15.8. The van der Waals surface area contributed by atoms with Crippen molar-refractivity contribution in [1.29, 1.82) is 0 Å². The van der Waals surface area contributed by atoms with Gasteiger partial charge in [0.1, 0.15) is 5.76 Å². The van der Waals surface area contributed by atoms with E-state index in [0.29, 0.717) is 22.8 Å². The number of nitrogens with zero attached hydrogens (tertiary/aromatic N) is 2. The van der Waals surface area contributed by atoms with E-state index in [1.54, 1.807) is 13.8 Å². The Kier molecular flexibility index (Phi) is 2.03. The first-order valence-electron chi connectivity index (χ1n) is 4.23. The molecule has 0 saturated heterocycles. The monoisotopic (exact) mass is 208 g/mol. The fourth-order valence-corrected chi connectivity index (χ4v) is 1.33. The molecule has 6 nitrogen and oxygen atoms in total. The van der Waals surface area contributed by atoms with Crippen LogP contribution in [0.25, 0.3) is 11.3 Å². The molecule has 2 heterocycles. The number of aromatic nitrogens is 2. The third-order valence-corrected chi connectivity index (χ3v) is 2.01. The summed E-state index contributed by atoms with van der Waals surface area (Å²) in [5.74, 6) is -0.207. The Morgan fingerprint density at radius 3 is 2.53 bits per heavy atom. The lowest BCUT2D eigenvalue weighted by Gasteiger charge is -1.89. The van der Waals surface area contributed by atoms with E-state index in [1.807, 2.05) is 0 Å². The lowest BCUT2D eigenvalue weighted by atomic mass is 10.1. The van der Waals surface area contributed by atoms with E-state index < -0.39 is 5.97 Å². The second-order valence-corrected chi connectivity index (χ2v) is 3.08. The van der Waals surface area contributed by atoms with Gasteiger partial charge in [0.05, 0.1) is 11.3 Å². The Bertz CT molecular complexity index is 492. The molecule has 0 saturated carbocycles. The van der Waals surface area contributed by atoms with E-state index in [0.717, 1.165) is 0 Å². The molecule has 0 amide bonds. The van der Waals surface area contributed by atoms with Gasteiger partial charge in [-0.2, -0.15) is 0 Å². The molecule has 78 valence electrons. The van der Waals surface area contributed by atoms with Crippen molar-refractivity contribution in [2.75, 3.05) is 0 Å². The molecule has 0 atom stereocenters. The molecule has 0 aliphatic carbocycles. The maximum Gasteiger partial charge on any atom is 0.358 e. The number of aryl methyl sites for hydroxylation is 2. The van der Waals surface area contributed by atoms with Gasteiger partial charge in [0.2, 0.25) is 0 Å². The van der Waals surface area contributed by atoms with E-state index >= 15 is 0 Å². The minimum absolute atomic E-state index is 0.134. The predicted molar refractivity (Wildman–Crippen MR) is 48.4 cm³/mol. The zero-order chi connectivity index (χ0) is 11.0. The lowest BCUT2D eigenvalue weighted by Crippen LogP contribution is -1.94. The normalized spacial score (nSPS) is 10.5. The predicted octanol–water partition coefficient (Wildman–Crippen LogP) is 1.64. The van der Waals surface area contributed by atoms with Crippen LogP contribution in [0, 0.1) is 13.8 Å². The molecule has 6 heteroatoms. The molecule has 1 N–H and O–H groups in total. The van der Waals surface area contributed by atoms with Gasteiger partial charge in [0.15, 0.2) is 11.5 Å². The van der Waals surface area contributed by atoms with Crippen LogP contribution >= 0.6 is 0 Å². The van der Waals surface area contributed by atoms with Gasteiger partial charge in [-0.05, 0) is 13.8 Å². The molecule has 2 rings (SSSR count). The first-order valence-corrected chi connectivity index (χ1v) is 4.23. The number of hydrogen-bond acceptors (Lipinski definition) is 5. The van der Waals surface area contributed by atoms with Gasteiger partial charge < -0.3 is 14.2 Å². The zero-order valence-corrected chi connectivity index (χ0v) is 8.14. The van der Waals surface area contributed by atoms with Gasteiger partial charge in [0, 0.05) is 6.07 Å². The molecule has 0 bridgehead atoms. The molecule has 0 fully saturated rings. The van der Waals surface area contributed by atoms with Crippen molar-refractivity contribution in [2.45, 2.75) is 13.8 Å². The second kappa shape index (κ2) is 3.23. The quantitative estimate of drug-likeness (QED) is 0.806. The summed E-state index contributed by atoms with van der Waals surface area (Å²) in [7, 11) is 0. The molecule has 0 unspecified atom stereocenters. The largest absolute Gasteiger partial charge is 0.476 e. The van der Waals surface area contributed by atoms with Crippen LogP contribution < -0.4 is 0 Å². The first-order chi connectivity index (χ1) is 7.09. The topological polar surface area (TPSA) is 89.4 Å². The SMILES string of the molecule is Cc1noc(C)c1-c1cc(C(=O)O)no1. The van der Waals surface area contributed by atoms with Crippen molar-refractivity contribution in [3.63, 3.8) is 0 Å². The van der Waals surface area contributed by atoms with Crippen LogP contribution in [0.1, 0.15) is 21.9 Å². The third-order valence-electron chi connectivity index (χ3n) is 2.01.